The van der Waals surface area contributed by atoms with Crippen molar-refractivity contribution in [2.45, 2.75) is 6.92 Å². The highest BCUT2D eigenvalue weighted by Crippen LogP contribution is 2.23. The first-order valence-corrected chi connectivity index (χ1v) is 8.93. The normalized spacial score (nSPS) is 12.7. The minimum Gasteiger partial charge on any atom is -0.318 e. The Morgan fingerprint density at radius 3 is 2.50 bits per heavy atom. The van der Waals surface area contributed by atoms with Crippen LogP contribution in [0.1, 0.15) is 12.5 Å². The summed E-state index contributed by atoms with van der Waals surface area (Å²) in [6.07, 6.45) is 0. The fourth-order valence-electron chi connectivity index (χ4n) is 2.23. The van der Waals surface area contributed by atoms with E-state index in [-0.39, 0.29) is 0 Å². The average Bonchev–Trinajstić information content (AvgIpc) is 2.96. The maximum absolute atomic E-state index is 6.05. The van der Waals surface area contributed by atoms with Crippen molar-refractivity contribution >= 4 is 40.3 Å². The summed E-state index contributed by atoms with van der Waals surface area (Å²) < 4.78 is 2.03. The van der Waals surface area contributed by atoms with Crippen LogP contribution in [0.2, 0.25) is 10.0 Å². The highest BCUT2D eigenvalue weighted by atomic mass is 35.5. The molecule has 0 spiro atoms. The highest BCUT2D eigenvalue weighted by molar-refractivity contribution is 7.07. The van der Waals surface area contributed by atoms with Crippen molar-refractivity contribution in [3.8, 4) is 11.3 Å². The smallest absolute Gasteiger partial charge is 0.210 e. The molecule has 0 fully saturated rings. The predicted molar refractivity (Wildman–Crippen MR) is 103 cm³/mol. The van der Waals surface area contributed by atoms with Crippen LogP contribution < -0.4 is 4.80 Å². The second kappa shape index (κ2) is 7.34. The fourth-order valence-corrected chi connectivity index (χ4v) is 3.38. The third kappa shape index (κ3) is 3.61. The van der Waals surface area contributed by atoms with Gasteiger partial charge in [0.1, 0.15) is 0 Å². The van der Waals surface area contributed by atoms with E-state index in [0.29, 0.717) is 10.0 Å². The molecule has 2 aromatic carbocycles. The number of aromatic nitrogens is 1. The molecule has 0 aliphatic heterocycles. The molecule has 0 radical (unpaired) electrons. The van der Waals surface area contributed by atoms with Crippen LogP contribution in [0, 0.1) is 0 Å². The number of thiazole rings is 1. The van der Waals surface area contributed by atoms with Gasteiger partial charge in [0.15, 0.2) is 0 Å². The summed E-state index contributed by atoms with van der Waals surface area (Å²) in [7, 11) is 1.99. The highest BCUT2D eigenvalue weighted by Gasteiger charge is 2.05. The quantitative estimate of drug-likeness (QED) is 0.434. The van der Waals surface area contributed by atoms with Crippen LogP contribution in [-0.2, 0) is 7.05 Å². The van der Waals surface area contributed by atoms with Gasteiger partial charge in [0.05, 0.1) is 21.5 Å². The second-order valence-corrected chi connectivity index (χ2v) is 6.89. The number of hydrogen-bond donors (Lipinski definition) is 0. The fraction of sp³-hybridized carbons (Fsp3) is 0.111. The number of rotatable bonds is 3. The molecule has 6 heteroatoms. The minimum atomic E-state index is 0.511. The van der Waals surface area contributed by atoms with Gasteiger partial charge >= 0.3 is 0 Å². The van der Waals surface area contributed by atoms with Gasteiger partial charge in [-0.05, 0) is 30.2 Å². The summed E-state index contributed by atoms with van der Waals surface area (Å²) in [5.74, 6) is 0. The van der Waals surface area contributed by atoms with Gasteiger partial charge in [-0.3, -0.25) is 0 Å². The van der Waals surface area contributed by atoms with E-state index < -0.39 is 0 Å². The van der Waals surface area contributed by atoms with Crippen molar-refractivity contribution < 1.29 is 0 Å². The van der Waals surface area contributed by atoms with Gasteiger partial charge in [0, 0.05) is 12.4 Å². The lowest BCUT2D eigenvalue weighted by molar-refractivity contribution is 0.863. The van der Waals surface area contributed by atoms with E-state index >= 15 is 0 Å². The molecule has 0 saturated carbocycles. The third-order valence-electron chi connectivity index (χ3n) is 3.62. The molecular weight excluding hydrogens is 361 g/mol. The number of halogens is 2. The van der Waals surface area contributed by atoms with Gasteiger partial charge in [-0.25, -0.2) is 0 Å². The second-order valence-electron chi connectivity index (χ2n) is 5.24. The van der Waals surface area contributed by atoms with Crippen LogP contribution in [-0.4, -0.2) is 10.3 Å². The van der Waals surface area contributed by atoms with Gasteiger partial charge < -0.3 is 4.57 Å². The van der Waals surface area contributed by atoms with Crippen molar-refractivity contribution in [1.82, 2.24) is 4.57 Å². The molecule has 122 valence electrons. The molecule has 1 heterocycles. The van der Waals surface area contributed by atoms with Crippen LogP contribution in [0.5, 0.6) is 0 Å². The van der Waals surface area contributed by atoms with Crippen molar-refractivity contribution in [3.63, 3.8) is 0 Å². The Kier molecular flexibility index (Phi) is 5.19. The lowest BCUT2D eigenvalue weighted by Crippen LogP contribution is -2.11. The van der Waals surface area contributed by atoms with Crippen molar-refractivity contribution in [2.24, 2.45) is 17.3 Å². The Morgan fingerprint density at radius 1 is 1.04 bits per heavy atom. The monoisotopic (exact) mass is 375 g/mol. The van der Waals surface area contributed by atoms with Crippen LogP contribution in [0.25, 0.3) is 11.3 Å². The summed E-state index contributed by atoms with van der Waals surface area (Å²) >= 11 is 13.6. The molecule has 3 aromatic rings. The first kappa shape index (κ1) is 17.0. The van der Waals surface area contributed by atoms with Crippen LogP contribution in [0.3, 0.4) is 0 Å². The minimum absolute atomic E-state index is 0.511. The molecule has 0 unspecified atom stereocenters. The molecule has 24 heavy (non-hydrogen) atoms. The molecule has 0 amide bonds. The lowest BCUT2D eigenvalue weighted by atomic mass is 10.1. The topological polar surface area (TPSA) is 29.6 Å². The molecule has 0 aliphatic carbocycles. The van der Waals surface area contributed by atoms with Crippen LogP contribution in [0.15, 0.2) is 64.1 Å². The Labute approximate surface area is 154 Å². The molecule has 0 atom stereocenters. The van der Waals surface area contributed by atoms with Crippen molar-refractivity contribution in [3.05, 3.63) is 74.3 Å². The van der Waals surface area contributed by atoms with E-state index in [0.717, 1.165) is 27.3 Å². The first-order valence-electron chi connectivity index (χ1n) is 7.30. The number of nitrogens with zero attached hydrogens (tertiary/aromatic N) is 3. The van der Waals surface area contributed by atoms with Gasteiger partial charge in [-0.1, -0.05) is 59.6 Å². The Bertz CT molecular complexity index is 956. The zero-order valence-electron chi connectivity index (χ0n) is 13.2. The zero-order chi connectivity index (χ0) is 17.1. The molecule has 0 aliphatic rings. The number of hydrogen-bond acceptors (Lipinski definition) is 3. The molecule has 1 aromatic heterocycles. The summed E-state index contributed by atoms with van der Waals surface area (Å²) in [5.41, 5.74) is 3.95. The van der Waals surface area contributed by atoms with Crippen LogP contribution in [0.4, 0.5) is 0 Å². The molecule has 0 N–H and O–H groups in total. The predicted octanol–water partition coefficient (Wildman–Crippen LogP) is 5.39. The largest absolute Gasteiger partial charge is 0.318 e. The molecule has 0 bridgehead atoms. The average molecular weight is 376 g/mol. The van der Waals surface area contributed by atoms with Gasteiger partial charge in [0.2, 0.25) is 4.80 Å². The summed E-state index contributed by atoms with van der Waals surface area (Å²) in [4.78, 5) is 0.827. The SMILES string of the molecule is C/C(=N\N=c1\scc(-c2ccccc2)n1C)c1ccc(Cl)c(Cl)c1. The Morgan fingerprint density at radius 2 is 1.79 bits per heavy atom. The lowest BCUT2D eigenvalue weighted by Gasteiger charge is -2.02. The molecular formula is C18H15Cl2N3S. The maximum Gasteiger partial charge on any atom is 0.210 e. The molecule has 0 saturated heterocycles. The van der Waals surface area contributed by atoms with Gasteiger partial charge in [-0.15, -0.1) is 16.4 Å². The van der Waals surface area contributed by atoms with Gasteiger partial charge in [0.25, 0.3) is 0 Å². The van der Waals surface area contributed by atoms with Crippen LogP contribution >= 0.6 is 34.5 Å². The van der Waals surface area contributed by atoms with E-state index in [4.69, 9.17) is 23.2 Å². The van der Waals surface area contributed by atoms with Crippen molar-refractivity contribution in [2.75, 3.05) is 0 Å². The van der Waals surface area contributed by atoms with E-state index in [1.54, 1.807) is 23.5 Å². The Hall–Kier alpha value is -1.88. The van der Waals surface area contributed by atoms with E-state index in [1.807, 2.05) is 42.8 Å². The summed E-state index contributed by atoms with van der Waals surface area (Å²) in [5, 5.41) is 11.8. The van der Waals surface area contributed by atoms with E-state index in [9.17, 15) is 0 Å². The van der Waals surface area contributed by atoms with Gasteiger partial charge in [-0.2, -0.15) is 5.10 Å². The zero-order valence-corrected chi connectivity index (χ0v) is 15.5. The standard InChI is InChI=1S/C18H15Cl2N3S/c1-12(14-8-9-15(19)16(20)10-14)21-22-18-23(2)17(11-24-18)13-6-4-3-5-7-13/h3-11H,1-2H3/b21-12+,22-18+. The van der Waals surface area contributed by atoms with E-state index in [2.05, 4.69) is 27.7 Å². The summed E-state index contributed by atoms with van der Waals surface area (Å²) in [6.45, 7) is 1.90. The number of benzene rings is 2. The Balaban J connectivity index is 1.94. The third-order valence-corrected chi connectivity index (χ3v) is 5.26. The first-order chi connectivity index (χ1) is 11.6. The molecule has 3 rings (SSSR count). The summed E-state index contributed by atoms with van der Waals surface area (Å²) in [6, 6.07) is 15.6. The van der Waals surface area contributed by atoms with E-state index in [1.165, 1.54) is 0 Å². The maximum atomic E-state index is 6.05. The molecule has 3 nitrogen and oxygen atoms in total. The van der Waals surface area contributed by atoms with Crippen molar-refractivity contribution in [1.29, 1.82) is 0 Å².